The Balaban J connectivity index is 2.28. The van der Waals surface area contributed by atoms with Gasteiger partial charge in [-0.05, 0) is 27.1 Å². The van der Waals surface area contributed by atoms with Crippen molar-refractivity contribution in [2.24, 2.45) is 0 Å². The number of likely N-dealkylation sites (N-methyl/N-ethyl adjacent to an activating group) is 1. The number of pyridine rings is 1. The van der Waals surface area contributed by atoms with Crippen LogP contribution in [0.5, 0.6) is 0 Å². The van der Waals surface area contributed by atoms with Crippen LogP contribution >= 0.6 is 0 Å². The van der Waals surface area contributed by atoms with Crippen molar-refractivity contribution in [3.8, 4) is 0 Å². The van der Waals surface area contributed by atoms with Gasteiger partial charge in [-0.25, -0.2) is 9.97 Å². The Morgan fingerprint density at radius 1 is 1.33 bits per heavy atom. The second-order valence-corrected chi connectivity index (χ2v) is 4.31. The van der Waals surface area contributed by atoms with Crippen molar-refractivity contribution < 1.29 is 4.79 Å². The molecule has 2 aromatic rings. The maximum atomic E-state index is 11.7. The van der Waals surface area contributed by atoms with Crippen LogP contribution in [0.4, 0.5) is 5.69 Å². The summed E-state index contributed by atoms with van der Waals surface area (Å²) in [4.78, 5) is 26.1. The van der Waals surface area contributed by atoms with E-state index in [0.717, 1.165) is 5.69 Å². The molecule has 18 heavy (non-hydrogen) atoms. The van der Waals surface area contributed by atoms with Crippen LogP contribution in [0.25, 0.3) is 11.2 Å². The Morgan fingerprint density at radius 2 is 2.06 bits per heavy atom. The molecule has 6 nitrogen and oxygen atoms in total. The van der Waals surface area contributed by atoms with Gasteiger partial charge in [0.1, 0.15) is 5.52 Å². The molecule has 0 atom stereocenters. The lowest BCUT2D eigenvalue weighted by molar-refractivity contribution is -0.116. The summed E-state index contributed by atoms with van der Waals surface area (Å²) in [5.41, 5.74) is 2.66. The van der Waals surface area contributed by atoms with Gasteiger partial charge in [0.15, 0.2) is 5.65 Å². The highest BCUT2D eigenvalue weighted by molar-refractivity contribution is 5.94. The van der Waals surface area contributed by atoms with Gasteiger partial charge in [-0.3, -0.25) is 9.78 Å². The molecule has 2 rings (SSSR count). The predicted octanol–water partition coefficient (Wildman–Crippen LogP) is 0.833. The number of rotatable bonds is 3. The number of hydrogen-bond acceptors (Lipinski definition) is 5. The van der Waals surface area contributed by atoms with Crippen molar-refractivity contribution in [3.05, 3.63) is 24.2 Å². The van der Waals surface area contributed by atoms with E-state index >= 15 is 0 Å². The first-order chi connectivity index (χ1) is 8.56. The van der Waals surface area contributed by atoms with Crippen LogP contribution in [0.3, 0.4) is 0 Å². The maximum Gasteiger partial charge on any atom is 0.238 e. The Labute approximate surface area is 105 Å². The molecule has 0 radical (unpaired) electrons. The van der Waals surface area contributed by atoms with E-state index < -0.39 is 0 Å². The molecule has 0 aromatic carbocycles. The lowest BCUT2D eigenvalue weighted by atomic mass is 10.3. The first-order valence-electron chi connectivity index (χ1n) is 5.59. The topological polar surface area (TPSA) is 71.0 Å². The summed E-state index contributed by atoms with van der Waals surface area (Å²) in [6.45, 7) is 2.16. The molecular weight excluding hydrogens is 230 g/mol. The lowest BCUT2D eigenvalue weighted by Crippen LogP contribution is -2.27. The number of aryl methyl sites for hydroxylation is 1. The molecule has 6 heteroatoms. The molecule has 0 aliphatic rings. The minimum atomic E-state index is -0.0758. The summed E-state index contributed by atoms with van der Waals surface area (Å²) in [5, 5.41) is 2.82. The van der Waals surface area contributed by atoms with Gasteiger partial charge in [0.25, 0.3) is 0 Å². The highest BCUT2D eigenvalue weighted by atomic mass is 16.2. The zero-order chi connectivity index (χ0) is 13.1. The molecule has 1 amide bonds. The van der Waals surface area contributed by atoms with E-state index in [2.05, 4.69) is 20.3 Å². The van der Waals surface area contributed by atoms with Crippen LogP contribution in [0.15, 0.2) is 18.5 Å². The van der Waals surface area contributed by atoms with Gasteiger partial charge in [-0.2, -0.15) is 0 Å². The van der Waals surface area contributed by atoms with Gasteiger partial charge in [-0.1, -0.05) is 0 Å². The molecule has 0 unspecified atom stereocenters. The van der Waals surface area contributed by atoms with Crippen LogP contribution < -0.4 is 5.32 Å². The van der Waals surface area contributed by atoms with Gasteiger partial charge in [0.05, 0.1) is 17.9 Å². The van der Waals surface area contributed by atoms with Gasteiger partial charge >= 0.3 is 0 Å². The van der Waals surface area contributed by atoms with Crippen LogP contribution in [0.2, 0.25) is 0 Å². The van der Waals surface area contributed by atoms with Crippen LogP contribution in [-0.4, -0.2) is 46.4 Å². The Hall–Kier alpha value is -2.08. The molecule has 0 bridgehead atoms. The van der Waals surface area contributed by atoms with E-state index in [9.17, 15) is 4.79 Å². The third-order valence-electron chi connectivity index (χ3n) is 2.38. The minimum Gasteiger partial charge on any atom is -0.323 e. The standard InChI is InChI=1S/C12H15N5O/c1-8-9(16-11(18)7-17(2)3)6-10-12(15-8)14-5-4-13-10/h4-6H,7H2,1-3H3,(H,16,18). The van der Waals surface area contributed by atoms with Crippen LogP contribution in [0, 0.1) is 6.92 Å². The van der Waals surface area contributed by atoms with E-state index in [1.165, 1.54) is 0 Å². The quantitative estimate of drug-likeness (QED) is 0.867. The summed E-state index contributed by atoms with van der Waals surface area (Å²) in [5.74, 6) is -0.0758. The Morgan fingerprint density at radius 3 is 2.78 bits per heavy atom. The highest BCUT2D eigenvalue weighted by Gasteiger charge is 2.08. The third-order valence-corrected chi connectivity index (χ3v) is 2.38. The number of anilines is 1. The van der Waals surface area contributed by atoms with Crippen molar-refractivity contribution in [2.45, 2.75) is 6.92 Å². The third kappa shape index (κ3) is 2.78. The highest BCUT2D eigenvalue weighted by Crippen LogP contribution is 2.17. The monoisotopic (exact) mass is 245 g/mol. The fourth-order valence-corrected chi connectivity index (χ4v) is 1.59. The Bertz CT molecular complexity index is 582. The molecule has 94 valence electrons. The van der Waals surface area contributed by atoms with Crippen molar-refractivity contribution in [1.29, 1.82) is 0 Å². The van der Waals surface area contributed by atoms with E-state index in [1.807, 2.05) is 21.0 Å². The Kier molecular flexibility index (Phi) is 3.47. The van der Waals surface area contributed by atoms with Crippen molar-refractivity contribution >= 4 is 22.8 Å². The van der Waals surface area contributed by atoms with Gasteiger partial charge in [0.2, 0.25) is 5.91 Å². The second-order valence-electron chi connectivity index (χ2n) is 4.31. The molecular formula is C12H15N5O. The lowest BCUT2D eigenvalue weighted by Gasteiger charge is -2.11. The molecule has 1 N–H and O–H groups in total. The number of carbonyl (C=O) groups is 1. The number of fused-ring (bicyclic) bond motifs is 1. The fraction of sp³-hybridized carbons (Fsp3) is 0.333. The fourth-order valence-electron chi connectivity index (χ4n) is 1.59. The average Bonchev–Trinajstić information content (AvgIpc) is 2.29. The first kappa shape index (κ1) is 12.4. The van der Waals surface area contributed by atoms with Crippen molar-refractivity contribution in [2.75, 3.05) is 26.0 Å². The predicted molar refractivity (Wildman–Crippen MR) is 69.3 cm³/mol. The van der Waals surface area contributed by atoms with Gasteiger partial charge in [-0.15, -0.1) is 0 Å². The summed E-state index contributed by atoms with van der Waals surface area (Å²) in [6.07, 6.45) is 3.20. The zero-order valence-electron chi connectivity index (χ0n) is 10.6. The number of aromatic nitrogens is 3. The molecule has 0 aliphatic heterocycles. The van der Waals surface area contributed by atoms with E-state index in [0.29, 0.717) is 23.4 Å². The minimum absolute atomic E-state index is 0.0758. The number of amides is 1. The molecule has 0 saturated heterocycles. The van der Waals surface area contributed by atoms with Crippen LogP contribution in [-0.2, 0) is 4.79 Å². The molecule has 0 saturated carbocycles. The number of hydrogen-bond donors (Lipinski definition) is 1. The number of nitrogens with zero attached hydrogens (tertiary/aromatic N) is 4. The molecule has 0 spiro atoms. The summed E-state index contributed by atoms with van der Waals surface area (Å²) >= 11 is 0. The largest absolute Gasteiger partial charge is 0.323 e. The number of nitrogens with one attached hydrogen (secondary N) is 1. The summed E-state index contributed by atoms with van der Waals surface area (Å²) < 4.78 is 0. The smallest absolute Gasteiger partial charge is 0.238 e. The normalized spacial score (nSPS) is 10.9. The SMILES string of the molecule is Cc1nc2nccnc2cc1NC(=O)CN(C)C. The van der Waals surface area contributed by atoms with Crippen molar-refractivity contribution in [3.63, 3.8) is 0 Å². The van der Waals surface area contributed by atoms with E-state index in [-0.39, 0.29) is 5.91 Å². The van der Waals surface area contributed by atoms with Crippen LogP contribution in [0.1, 0.15) is 5.69 Å². The zero-order valence-corrected chi connectivity index (χ0v) is 10.6. The number of carbonyl (C=O) groups excluding carboxylic acids is 1. The van der Waals surface area contributed by atoms with Gasteiger partial charge in [0, 0.05) is 12.4 Å². The molecule has 2 heterocycles. The molecule has 2 aromatic heterocycles. The molecule has 0 fully saturated rings. The first-order valence-corrected chi connectivity index (χ1v) is 5.59. The van der Waals surface area contributed by atoms with E-state index in [4.69, 9.17) is 0 Å². The average molecular weight is 245 g/mol. The second kappa shape index (κ2) is 5.05. The van der Waals surface area contributed by atoms with Crippen molar-refractivity contribution in [1.82, 2.24) is 19.9 Å². The summed E-state index contributed by atoms with van der Waals surface area (Å²) in [7, 11) is 3.69. The molecule has 0 aliphatic carbocycles. The van der Waals surface area contributed by atoms with Gasteiger partial charge < -0.3 is 10.2 Å². The van der Waals surface area contributed by atoms with E-state index in [1.54, 1.807) is 23.4 Å². The maximum absolute atomic E-state index is 11.7. The summed E-state index contributed by atoms with van der Waals surface area (Å²) in [6, 6.07) is 1.79.